The van der Waals surface area contributed by atoms with Gasteiger partial charge in [-0.25, -0.2) is 0 Å². The fourth-order valence-electron chi connectivity index (χ4n) is 10.8. The first-order chi connectivity index (χ1) is 27.6. The summed E-state index contributed by atoms with van der Waals surface area (Å²) < 4.78 is 0. The van der Waals surface area contributed by atoms with Crippen molar-refractivity contribution >= 4 is 53.0 Å². The molecule has 0 aromatic heterocycles. The third-order valence-electron chi connectivity index (χ3n) is 15.6. The van der Waals surface area contributed by atoms with Crippen molar-refractivity contribution in [1.82, 2.24) is 0 Å². The van der Waals surface area contributed by atoms with Crippen LogP contribution in [0.25, 0.3) is 0 Å². The zero-order valence-corrected chi connectivity index (χ0v) is 63.3. The van der Waals surface area contributed by atoms with E-state index in [-0.39, 0.29) is 189 Å². The quantitative estimate of drug-likeness (QED) is 0.124. The summed E-state index contributed by atoms with van der Waals surface area (Å²) in [5.41, 5.74) is 31.8. The van der Waals surface area contributed by atoms with Gasteiger partial charge in [0.05, 0.1) is 0 Å². The molecule has 4 radical (unpaired) electrons. The van der Waals surface area contributed by atoms with E-state index in [1.165, 1.54) is 72.3 Å². The Kier molecular flexibility index (Phi) is 36.6. The van der Waals surface area contributed by atoms with Crippen LogP contribution in [0.1, 0.15) is 133 Å². The number of hydrogen-bond acceptors (Lipinski definition) is 0. The van der Waals surface area contributed by atoms with Gasteiger partial charge in [-0.05, 0) is 0 Å². The Labute approximate surface area is 574 Å². The van der Waals surface area contributed by atoms with Crippen LogP contribution in [-0.2, 0) is 21.1 Å². The Morgan fingerprint density at radius 3 is 0.358 bits per heavy atom. The second kappa shape index (κ2) is 31.0. The third-order valence-corrected chi connectivity index (χ3v) is 24.6. The summed E-state index contributed by atoms with van der Waals surface area (Å²) in [4.78, 5) is 0. The van der Waals surface area contributed by atoms with Crippen LogP contribution in [0, 0.1) is 298 Å². The Morgan fingerprint density at radius 2 is 0.313 bits per heavy atom. The van der Waals surface area contributed by atoms with Crippen LogP contribution in [0.4, 0.5) is 0 Å². The fourth-order valence-corrected chi connectivity index (χ4v) is 21.3. The number of rotatable bonds is 4. The molecule has 0 saturated carbocycles. The molecule has 0 unspecified atom stereocenters. The van der Waals surface area contributed by atoms with Crippen LogP contribution in [0.3, 0.4) is 0 Å². The molecule has 0 saturated heterocycles. The van der Waals surface area contributed by atoms with E-state index in [0.29, 0.717) is 0 Å². The largest absolute Gasteiger partial charge is 4.00 e. The summed E-state index contributed by atoms with van der Waals surface area (Å²) in [6.45, 7) is 76.4. The molecular formula is C58H110Dy4MoSi4. The van der Waals surface area contributed by atoms with Gasteiger partial charge in [-0.1, -0.05) is 224 Å². The van der Waals surface area contributed by atoms with Crippen molar-refractivity contribution in [2.45, 2.75) is 224 Å². The maximum Gasteiger partial charge on any atom is 4.00 e. The Balaban J connectivity index is -0.0000000419. The van der Waals surface area contributed by atoms with Gasteiger partial charge in [0.2, 0.25) is 0 Å². The van der Waals surface area contributed by atoms with Crippen molar-refractivity contribution in [1.29, 1.82) is 0 Å². The van der Waals surface area contributed by atoms with E-state index in [0.717, 1.165) is 0 Å². The molecule has 0 nitrogen and oxygen atoms in total. The molecule has 0 aliphatic rings. The molecule has 5 rings (SSSR count). The van der Waals surface area contributed by atoms with E-state index in [4.69, 9.17) is 0 Å². The monoisotopic (exact) mass is 1670 g/mol. The van der Waals surface area contributed by atoms with Gasteiger partial charge in [-0.15, -0.1) is 0 Å². The molecule has 404 valence electrons. The van der Waals surface area contributed by atoms with Crippen LogP contribution < -0.4 is 20.7 Å². The predicted octanol–water partition coefficient (Wildman–Crippen LogP) is 16.9. The van der Waals surface area contributed by atoms with Crippen molar-refractivity contribution in [2.24, 2.45) is 0 Å². The summed E-state index contributed by atoms with van der Waals surface area (Å²) in [6, 6.07) is 0. The molecule has 0 fully saturated rings. The zero-order chi connectivity index (χ0) is 49.4. The SMILES string of the molecule is Cc1c(C)c(C)[c-](C)c1C.Cc1c(C)c(C)[c-]([Si](C)(C)C)c1C.Cc1c(C)c(C)[c-]([Si](C)(C)C)c1C.Cc1c(C)c(C)[c-]([Si](C)(C)C)c1C.Cc1c(C)c(C)[c-]([Si](C)(C)C)c1C.[Dy+3].[Dy+3].[Dy+3].[Dy+3].[H-].[H-].[H-].[H-].[H-].[H-].[H-].[H-].[H-].[H-].[H-].[Mo+4]. The van der Waals surface area contributed by atoms with Crippen molar-refractivity contribution in [3.8, 4) is 0 Å². The smallest absolute Gasteiger partial charge is 1.00 e. The Morgan fingerprint density at radius 1 is 0.224 bits per heavy atom. The molecule has 5 aromatic carbocycles. The van der Waals surface area contributed by atoms with Crippen LogP contribution in [-0.4, -0.2) is 32.3 Å². The van der Waals surface area contributed by atoms with Crippen molar-refractivity contribution in [3.05, 3.63) is 117 Å². The van der Waals surface area contributed by atoms with Gasteiger partial charge in [0, 0.05) is 32.3 Å². The molecule has 0 heterocycles. The van der Waals surface area contributed by atoms with E-state index < -0.39 is 32.3 Å². The fraction of sp³-hybridized carbons (Fsp3) is 0.569. The molecule has 5 aromatic rings. The molecule has 0 aliphatic heterocycles. The standard InChI is InChI=1S/4C12H21Si.C10H15.4Dy.Mo.11H/c4*1-8-9(2)11(4)12(10(8)3)13(5,6)7;1-6-7(2)9(4)10(5)8(6)3;;;;;;;;;;;;;;;;/h4*1-7H3;1-5H3;;;;;;;;;;;;;;;;/q5*-1;4*+3;+4;11*-1. The van der Waals surface area contributed by atoms with Crippen LogP contribution in [0.15, 0.2) is 0 Å². The van der Waals surface area contributed by atoms with E-state index in [9.17, 15) is 0 Å². The van der Waals surface area contributed by atoms with Gasteiger partial charge in [0.25, 0.3) is 0 Å². The topological polar surface area (TPSA) is 0 Å². The molecule has 0 spiro atoms. The molecule has 67 heavy (non-hydrogen) atoms. The van der Waals surface area contributed by atoms with Gasteiger partial charge in [0.1, 0.15) is 0 Å². The minimum absolute atomic E-state index is 0. The Bertz CT molecular complexity index is 1930. The second-order valence-electron chi connectivity index (χ2n) is 23.6. The summed E-state index contributed by atoms with van der Waals surface area (Å²) >= 11 is 0. The maximum atomic E-state index is 2.43. The first kappa shape index (κ1) is 79.3. The van der Waals surface area contributed by atoms with Crippen molar-refractivity contribution in [3.63, 3.8) is 0 Å². The molecule has 0 atom stereocenters. The van der Waals surface area contributed by atoms with Crippen molar-refractivity contribution < 1.29 is 189 Å². The summed E-state index contributed by atoms with van der Waals surface area (Å²) in [6.07, 6.45) is 0. The molecule has 0 amide bonds. The summed E-state index contributed by atoms with van der Waals surface area (Å²) in [5, 5.41) is 6.73. The van der Waals surface area contributed by atoms with Crippen molar-refractivity contribution in [2.75, 3.05) is 0 Å². The van der Waals surface area contributed by atoms with Crippen LogP contribution in [0.2, 0.25) is 78.6 Å². The average Bonchev–Trinajstić information content (AvgIpc) is 3.69. The third kappa shape index (κ3) is 19.4. The number of hydrogen-bond donors (Lipinski definition) is 0. The summed E-state index contributed by atoms with van der Waals surface area (Å²) in [5.74, 6) is 0. The minimum atomic E-state index is -1.13. The summed E-state index contributed by atoms with van der Waals surface area (Å²) in [7, 11) is -4.53. The average molecular weight is 1670 g/mol. The van der Waals surface area contributed by atoms with Gasteiger partial charge >= 0.3 is 174 Å². The predicted molar refractivity (Wildman–Crippen MR) is 314 cm³/mol. The van der Waals surface area contributed by atoms with E-state index in [1.54, 1.807) is 65.3 Å². The van der Waals surface area contributed by atoms with E-state index in [2.05, 4.69) is 224 Å². The molecule has 9 heteroatoms. The molecule has 0 bridgehead atoms. The second-order valence-corrected chi connectivity index (χ2v) is 43.6. The van der Waals surface area contributed by atoms with Crippen LogP contribution >= 0.6 is 0 Å². The van der Waals surface area contributed by atoms with Gasteiger partial charge < -0.3 is 15.7 Å². The minimum Gasteiger partial charge on any atom is -1.00 e. The molecule has 0 N–H and O–H groups in total. The van der Waals surface area contributed by atoms with E-state index in [1.807, 2.05) is 0 Å². The maximum absolute atomic E-state index is 2.43. The Hall–Kier alpha value is 3.40. The van der Waals surface area contributed by atoms with Gasteiger partial charge in [-0.2, -0.15) is 138 Å². The first-order valence-electron chi connectivity index (χ1n) is 23.8. The zero-order valence-electron chi connectivity index (χ0n) is 60.2. The van der Waals surface area contributed by atoms with E-state index >= 15 is 0 Å². The van der Waals surface area contributed by atoms with Gasteiger partial charge in [-0.3, -0.25) is 0 Å². The normalized spacial score (nSPS) is 11.1. The first-order valence-corrected chi connectivity index (χ1v) is 37.8. The van der Waals surface area contributed by atoms with Gasteiger partial charge in [0.15, 0.2) is 0 Å². The van der Waals surface area contributed by atoms with Crippen LogP contribution in [0.5, 0.6) is 0 Å². The molecular weight excluding hydrogens is 1550 g/mol. The molecule has 0 aliphatic carbocycles.